The monoisotopic (exact) mass is 174 g/mol. The molecule has 0 fully saturated rings. The van der Waals surface area contributed by atoms with E-state index < -0.39 is 0 Å². The number of rotatable bonds is 5. The first-order chi connectivity index (χ1) is 5.02. The molecule has 0 aromatic rings. The van der Waals surface area contributed by atoms with Crippen LogP contribution in [0.3, 0.4) is 0 Å². The van der Waals surface area contributed by atoms with Crippen molar-refractivity contribution in [3.05, 3.63) is 0 Å². The lowest BCUT2D eigenvalue weighted by Gasteiger charge is -2.13. The zero-order chi connectivity index (χ0) is 8.85. The Kier molecular flexibility index (Phi) is 9.17. The summed E-state index contributed by atoms with van der Waals surface area (Å²) in [4.78, 5) is 0. The molecule has 0 radical (unpaired) electrons. The van der Waals surface area contributed by atoms with Crippen LogP contribution in [0, 0.1) is 11.8 Å². The molecule has 0 rings (SSSR count). The lowest BCUT2D eigenvalue weighted by molar-refractivity contribution is 0.132. The third-order valence-electron chi connectivity index (χ3n) is 1.82. The van der Waals surface area contributed by atoms with Gasteiger partial charge in [0.15, 0.2) is 0 Å². The minimum absolute atomic E-state index is 0. The fourth-order valence-corrected chi connectivity index (χ4v) is 1.19. The minimum Gasteiger partial charge on any atom is -0.393 e. The van der Waals surface area contributed by atoms with Crippen LogP contribution in [0.2, 0.25) is 0 Å². The van der Waals surface area contributed by atoms with Gasteiger partial charge in [0.1, 0.15) is 0 Å². The molecule has 1 heteroatoms. The Bertz CT molecular complexity index is 87.0. The second-order valence-electron chi connectivity index (χ2n) is 4.25. The maximum Gasteiger partial charge on any atom is 0.0542 e. The molecule has 1 atom stereocenters. The van der Waals surface area contributed by atoms with Gasteiger partial charge in [0.25, 0.3) is 0 Å². The minimum atomic E-state index is -0.0719. The first-order valence-electron chi connectivity index (χ1n) is 4.70. The molecule has 0 spiro atoms. The van der Waals surface area contributed by atoms with Gasteiger partial charge in [0.2, 0.25) is 0 Å². The fraction of sp³-hybridized carbons (Fsp3) is 1.00. The van der Waals surface area contributed by atoms with Gasteiger partial charge >= 0.3 is 0 Å². The zero-order valence-electron chi connectivity index (χ0n) is 8.30. The Morgan fingerprint density at radius 3 is 1.75 bits per heavy atom. The molecule has 0 aromatic carbocycles. The Balaban J connectivity index is 0. The average molecular weight is 174 g/mol. The number of hydrogen-bond donors (Lipinski definition) is 1. The van der Waals surface area contributed by atoms with Gasteiger partial charge in [0, 0.05) is 0 Å². The van der Waals surface area contributed by atoms with E-state index >= 15 is 0 Å². The van der Waals surface area contributed by atoms with E-state index in [-0.39, 0.29) is 13.5 Å². The highest BCUT2D eigenvalue weighted by atomic mass is 16.3. The van der Waals surface area contributed by atoms with Crippen molar-refractivity contribution in [2.45, 2.75) is 60.5 Å². The van der Waals surface area contributed by atoms with Gasteiger partial charge in [-0.1, -0.05) is 35.1 Å². The smallest absolute Gasteiger partial charge is 0.0542 e. The molecule has 0 saturated carbocycles. The van der Waals surface area contributed by atoms with Crippen molar-refractivity contribution < 1.29 is 5.11 Å². The Hall–Kier alpha value is -0.0400. The third kappa shape index (κ3) is 9.96. The highest BCUT2D eigenvalue weighted by Crippen LogP contribution is 2.12. The van der Waals surface area contributed by atoms with Gasteiger partial charge in [-0.05, 0) is 31.1 Å². The molecular weight excluding hydrogens is 148 g/mol. The maximum atomic E-state index is 9.47. The van der Waals surface area contributed by atoms with Crippen molar-refractivity contribution in [1.82, 2.24) is 0 Å². The van der Waals surface area contributed by atoms with E-state index in [1.54, 1.807) is 0 Å². The molecule has 12 heavy (non-hydrogen) atoms. The van der Waals surface area contributed by atoms with Crippen LogP contribution in [0.1, 0.15) is 54.4 Å². The molecule has 0 heterocycles. The summed E-state index contributed by atoms with van der Waals surface area (Å²) >= 11 is 0. The van der Waals surface area contributed by atoms with Gasteiger partial charge in [0.05, 0.1) is 6.10 Å². The van der Waals surface area contributed by atoms with Crippen LogP contribution in [-0.4, -0.2) is 11.2 Å². The summed E-state index contributed by atoms with van der Waals surface area (Å²) in [7, 11) is 0. The first-order valence-corrected chi connectivity index (χ1v) is 4.70. The van der Waals surface area contributed by atoms with Gasteiger partial charge in [-0.3, -0.25) is 0 Å². The van der Waals surface area contributed by atoms with E-state index in [1.165, 1.54) is 0 Å². The highest BCUT2D eigenvalue weighted by Gasteiger charge is 2.07. The predicted molar refractivity (Wildman–Crippen MR) is 56.3 cm³/mol. The molecule has 0 aliphatic rings. The van der Waals surface area contributed by atoms with Crippen LogP contribution in [0.25, 0.3) is 0 Å². The summed E-state index contributed by atoms with van der Waals surface area (Å²) in [6, 6.07) is 0. The zero-order valence-corrected chi connectivity index (χ0v) is 8.30. The maximum absolute atomic E-state index is 9.47. The average Bonchev–Trinajstić information content (AvgIpc) is 1.82. The third-order valence-corrected chi connectivity index (χ3v) is 1.82. The number of aliphatic hydroxyl groups excluding tert-OH is 1. The van der Waals surface area contributed by atoms with Crippen LogP contribution < -0.4 is 0 Å². The molecule has 0 bridgehead atoms. The molecule has 0 amide bonds. The fourth-order valence-electron chi connectivity index (χ4n) is 1.19. The Morgan fingerprint density at radius 2 is 1.42 bits per heavy atom. The van der Waals surface area contributed by atoms with Crippen molar-refractivity contribution in [1.29, 1.82) is 0 Å². The van der Waals surface area contributed by atoms with Gasteiger partial charge in [-0.25, -0.2) is 0 Å². The topological polar surface area (TPSA) is 20.2 Å². The van der Waals surface area contributed by atoms with E-state index in [4.69, 9.17) is 0 Å². The summed E-state index contributed by atoms with van der Waals surface area (Å²) in [5.74, 6) is 1.34. The van der Waals surface area contributed by atoms with Crippen molar-refractivity contribution in [3.63, 3.8) is 0 Å². The quantitative estimate of drug-likeness (QED) is 0.676. The molecule has 1 unspecified atom stereocenters. The molecule has 0 aromatic heterocycles. The molecule has 0 aliphatic carbocycles. The van der Waals surface area contributed by atoms with Crippen LogP contribution in [-0.2, 0) is 0 Å². The Morgan fingerprint density at radius 1 is 0.917 bits per heavy atom. The highest BCUT2D eigenvalue weighted by molar-refractivity contribution is 4.59. The van der Waals surface area contributed by atoms with Gasteiger partial charge in [-0.2, -0.15) is 0 Å². The largest absolute Gasteiger partial charge is 0.393 e. The molecule has 0 saturated heterocycles. The van der Waals surface area contributed by atoms with E-state index in [1.807, 2.05) is 0 Å². The van der Waals surface area contributed by atoms with E-state index in [0.29, 0.717) is 5.92 Å². The van der Waals surface area contributed by atoms with Gasteiger partial charge < -0.3 is 5.11 Å². The summed E-state index contributed by atoms with van der Waals surface area (Å²) < 4.78 is 0. The SMILES string of the molecule is C.CC(C)CCC(O)CC(C)C. The molecule has 1 N–H and O–H groups in total. The lowest BCUT2D eigenvalue weighted by atomic mass is 9.99. The van der Waals surface area contributed by atoms with Crippen molar-refractivity contribution in [2.24, 2.45) is 11.8 Å². The normalized spacial score (nSPS) is 13.2. The molecule has 76 valence electrons. The van der Waals surface area contributed by atoms with Crippen LogP contribution in [0.5, 0.6) is 0 Å². The first kappa shape index (κ1) is 14.5. The molecule has 1 nitrogen and oxygen atoms in total. The van der Waals surface area contributed by atoms with E-state index in [2.05, 4.69) is 27.7 Å². The molecular formula is C11H26O. The van der Waals surface area contributed by atoms with Crippen molar-refractivity contribution >= 4 is 0 Å². The second kappa shape index (κ2) is 7.60. The number of aliphatic hydroxyl groups is 1. The second-order valence-corrected chi connectivity index (χ2v) is 4.25. The molecule has 0 aliphatic heterocycles. The number of hydrogen-bond acceptors (Lipinski definition) is 1. The Labute approximate surface area is 78.2 Å². The van der Waals surface area contributed by atoms with E-state index in [0.717, 1.165) is 25.2 Å². The van der Waals surface area contributed by atoms with Crippen LogP contribution in [0.4, 0.5) is 0 Å². The summed E-state index contributed by atoms with van der Waals surface area (Å²) in [6.45, 7) is 8.70. The van der Waals surface area contributed by atoms with Gasteiger partial charge in [-0.15, -0.1) is 0 Å². The van der Waals surface area contributed by atoms with Crippen LogP contribution >= 0.6 is 0 Å². The van der Waals surface area contributed by atoms with Crippen molar-refractivity contribution in [2.75, 3.05) is 0 Å². The predicted octanol–water partition coefficient (Wildman–Crippen LogP) is 3.47. The standard InChI is InChI=1S/C10H22O.CH4/c1-8(2)5-6-10(11)7-9(3)4;/h8-11H,5-7H2,1-4H3;1H4. The lowest BCUT2D eigenvalue weighted by Crippen LogP contribution is -2.10. The summed E-state index contributed by atoms with van der Waals surface area (Å²) in [6.07, 6.45) is 2.99. The van der Waals surface area contributed by atoms with Crippen LogP contribution in [0.15, 0.2) is 0 Å². The van der Waals surface area contributed by atoms with E-state index in [9.17, 15) is 5.11 Å². The van der Waals surface area contributed by atoms with Crippen molar-refractivity contribution in [3.8, 4) is 0 Å². The summed E-state index contributed by atoms with van der Waals surface area (Å²) in [5, 5.41) is 9.47. The summed E-state index contributed by atoms with van der Waals surface area (Å²) in [5.41, 5.74) is 0.